The van der Waals surface area contributed by atoms with Crippen LogP contribution in [0.4, 0.5) is 13.2 Å². The van der Waals surface area contributed by atoms with Crippen molar-refractivity contribution in [3.8, 4) is 0 Å². The number of halogens is 3. The fraction of sp³-hybridized carbons (Fsp3) is 0.652. The molecule has 31 heavy (non-hydrogen) atoms. The molecule has 0 aromatic heterocycles. The van der Waals surface area contributed by atoms with Crippen LogP contribution in [0.5, 0.6) is 0 Å². The number of benzene rings is 1. The van der Waals surface area contributed by atoms with Gasteiger partial charge in [-0.25, -0.2) is 0 Å². The van der Waals surface area contributed by atoms with Gasteiger partial charge in [0.2, 0.25) is 5.91 Å². The van der Waals surface area contributed by atoms with Crippen LogP contribution < -0.4 is 5.32 Å². The first kappa shape index (κ1) is 23.6. The molecule has 1 saturated heterocycles. The Morgan fingerprint density at radius 3 is 2.55 bits per heavy atom. The molecule has 1 aliphatic heterocycles. The van der Waals surface area contributed by atoms with E-state index in [2.05, 4.69) is 38.0 Å². The molecule has 5 nitrogen and oxygen atoms in total. The monoisotopic (exact) mass is 439 g/mol. The Hall–Kier alpha value is -2.09. The first-order chi connectivity index (χ1) is 14.5. The number of hydrogen-bond donors (Lipinski definition) is 1. The summed E-state index contributed by atoms with van der Waals surface area (Å²) in [7, 11) is 2.14. The largest absolute Gasteiger partial charge is 0.416 e. The number of amides is 2. The van der Waals surface area contributed by atoms with E-state index in [0.29, 0.717) is 31.0 Å². The maximum Gasteiger partial charge on any atom is 0.416 e. The summed E-state index contributed by atoms with van der Waals surface area (Å²) >= 11 is 0. The van der Waals surface area contributed by atoms with Gasteiger partial charge in [-0.2, -0.15) is 13.2 Å². The van der Waals surface area contributed by atoms with E-state index in [-0.39, 0.29) is 17.5 Å². The van der Waals surface area contributed by atoms with Crippen LogP contribution >= 0.6 is 0 Å². The van der Waals surface area contributed by atoms with Crippen molar-refractivity contribution in [1.82, 2.24) is 15.1 Å². The van der Waals surface area contributed by atoms with E-state index in [9.17, 15) is 22.8 Å². The Morgan fingerprint density at radius 1 is 1.23 bits per heavy atom. The number of likely N-dealkylation sites (tertiary alicyclic amines) is 1. The highest BCUT2D eigenvalue weighted by Gasteiger charge is 2.41. The van der Waals surface area contributed by atoms with Gasteiger partial charge >= 0.3 is 6.18 Å². The van der Waals surface area contributed by atoms with Crippen LogP contribution in [0.2, 0.25) is 0 Å². The van der Waals surface area contributed by atoms with Crippen LogP contribution in [0.15, 0.2) is 24.3 Å². The molecule has 1 aromatic rings. The molecule has 0 radical (unpaired) electrons. The fourth-order valence-electron chi connectivity index (χ4n) is 4.85. The standard InChI is InChI=1S/C23H32F3N3O2/c1-14(2)28(4)18-8-9-20(15(3)12-18)29-11-10-19(22(29)31)27-21(30)16-6-5-7-17(13-16)23(24,25)26/h5-7,13-15,18-20H,8-12H2,1-4H3,(H,27,30)/t15-,18-,19-,20+/m1/s1. The molecule has 1 N–H and O–H groups in total. The fourth-order valence-corrected chi connectivity index (χ4v) is 4.85. The van der Waals surface area contributed by atoms with Crippen LogP contribution in [-0.4, -0.2) is 59.4 Å². The molecular weight excluding hydrogens is 407 g/mol. The minimum absolute atomic E-state index is 0.0910. The molecule has 4 atom stereocenters. The van der Waals surface area contributed by atoms with Crippen LogP contribution in [-0.2, 0) is 11.0 Å². The zero-order valence-electron chi connectivity index (χ0n) is 18.6. The van der Waals surface area contributed by atoms with Crippen LogP contribution in [0.1, 0.15) is 62.4 Å². The average molecular weight is 440 g/mol. The van der Waals surface area contributed by atoms with Crippen molar-refractivity contribution in [1.29, 1.82) is 0 Å². The van der Waals surface area contributed by atoms with E-state index in [1.165, 1.54) is 12.1 Å². The third kappa shape index (κ3) is 5.22. The minimum atomic E-state index is -4.52. The van der Waals surface area contributed by atoms with Crippen molar-refractivity contribution in [3.05, 3.63) is 35.4 Å². The maximum atomic E-state index is 13.0. The Kier molecular flexibility index (Phi) is 6.98. The van der Waals surface area contributed by atoms with E-state index in [1.807, 2.05) is 4.90 Å². The first-order valence-corrected chi connectivity index (χ1v) is 11.0. The second-order valence-electron chi connectivity index (χ2n) is 9.20. The lowest BCUT2D eigenvalue weighted by atomic mass is 9.81. The molecule has 0 spiro atoms. The molecule has 0 bridgehead atoms. The zero-order valence-corrected chi connectivity index (χ0v) is 18.6. The Balaban J connectivity index is 1.61. The summed E-state index contributed by atoms with van der Waals surface area (Å²) in [5, 5.41) is 2.64. The molecule has 2 fully saturated rings. The number of hydrogen-bond acceptors (Lipinski definition) is 3. The van der Waals surface area contributed by atoms with Gasteiger partial charge < -0.3 is 15.1 Å². The van der Waals surface area contributed by atoms with Crippen molar-refractivity contribution in [2.45, 2.75) is 76.8 Å². The second-order valence-corrected chi connectivity index (χ2v) is 9.20. The molecule has 1 aliphatic carbocycles. The average Bonchev–Trinajstić information content (AvgIpc) is 3.06. The van der Waals surface area contributed by atoms with Crippen molar-refractivity contribution in [2.24, 2.45) is 5.92 Å². The Bertz CT molecular complexity index is 812. The summed E-state index contributed by atoms with van der Waals surface area (Å²) in [6.07, 6.45) is -1.08. The van der Waals surface area contributed by atoms with E-state index in [0.717, 1.165) is 31.4 Å². The summed E-state index contributed by atoms with van der Waals surface area (Å²) in [6.45, 7) is 7.09. The maximum absolute atomic E-state index is 13.0. The van der Waals surface area contributed by atoms with E-state index in [1.54, 1.807) is 0 Å². The molecule has 1 heterocycles. The Morgan fingerprint density at radius 2 is 1.94 bits per heavy atom. The van der Waals surface area contributed by atoms with Gasteiger partial charge in [0.1, 0.15) is 6.04 Å². The van der Waals surface area contributed by atoms with Gasteiger partial charge in [-0.15, -0.1) is 0 Å². The van der Waals surface area contributed by atoms with E-state index >= 15 is 0 Å². The molecule has 1 aromatic carbocycles. The van der Waals surface area contributed by atoms with Gasteiger partial charge in [-0.05, 0) is 70.7 Å². The van der Waals surface area contributed by atoms with Gasteiger partial charge in [-0.3, -0.25) is 9.59 Å². The highest BCUT2D eigenvalue weighted by molar-refractivity contribution is 5.98. The summed E-state index contributed by atoms with van der Waals surface area (Å²) in [4.78, 5) is 29.7. The highest BCUT2D eigenvalue weighted by atomic mass is 19.4. The van der Waals surface area contributed by atoms with Crippen LogP contribution in [0.3, 0.4) is 0 Å². The minimum Gasteiger partial charge on any atom is -0.340 e. The first-order valence-electron chi connectivity index (χ1n) is 11.0. The van der Waals surface area contributed by atoms with E-state index in [4.69, 9.17) is 0 Å². The van der Waals surface area contributed by atoms with E-state index < -0.39 is 23.7 Å². The molecule has 2 amide bonds. The van der Waals surface area contributed by atoms with Gasteiger partial charge in [0, 0.05) is 30.2 Å². The molecule has 172 valence electrons. The third-order valence-electron chi connectivity index (χ3n) is 6.88. The van der Waals surface area contributed by atoms with Crippen LogP contribution in [0, 0.1) is 5.92 Å². The third-order valence-corrected chi connectivity index (χ3v) is 6.88. The van der Waals surface area contributed by atoms with Crippen LogP contribution in [0.25, 0.3) is 0 Å². The summed E-state index contributed by atoms with van der Waals surface area (Å²) in [5.41, 5.74) is -0.969. The Labute approximate surface area is 182 Å². The smallest absolute Gasteiger partial charge is 0.340 e. The molecular formula is C23H32F3N3O2. The number of alkyl halides is 3. The lowest BCUT2D eigenvalue weighted by Crippen LogP contribution is -2.51. The summed E-state index contributed by atoms with van der Waals surface area (Å²) in [5.74, 6) is -0.434. The number of rotatable bonds is 5. The predicted molar refractivity (Wildman–Crippen MR) is 113 cm³/mol. The van der Waals surface area contributed by atoms with Crippen molar-refractivity contribution in [3.63, 3.8) is 0 Å². The molecule has 1 saturated carbocycles. The summed E-state index contributed by atoms with van der Waals surface area (Å²) in [6, 6.07) is 4.70. The second kappa shape index (κ2) is 9.18. The van der Waals surface area contributed by atoms with Gasteiger partial charge in [0.05, 0.1) is 5.56 Å². The van der Waals surface area contributed by atoms with Gasteiger partial charge in [0.25, 0.3) is 5.91 Å². The molecule has 8 heteroatoms. The molecule has 2 aliphatic rings. The lowest BCUT2D eigenvalue weighted by molar-refractivity contribution is -0.137. The number of carbonyl (C=O) groups is 2. The number of nitrogens with one attached hydrogen (secondary N) is 1. The predicted octanol–water partition coefficient (Wildman–Crippen LogP) is 3.93. The lowest BCUT2D eigenvalue weighted by Gasteiger charge is -2.43. The topological polar surface area (TPSA) is 52.6 Å². The number of nitrogens with zero attached hydrogens (tertiary/aromatic N) is 2. The summed E-state index contributed by atoms with van der Waals surface area (Å²) < 4.78 is 38.8. The van der Waals surface area contributed by atoms with Gasteiger partial charge in [-0.1, -0.05) is 13.0 Å². The van der Waals surface area contributed by atoms with Crippen molar-refractivity contribution >= 4 is 11.8 Å². The zero-order chi connectivity index (χ0) is 22.9. The highest BCUT2D eigenvalue weighted by Crippen LogP contribution is 2.34. The number of carbonyl (C=O) groups excluding carboxylic acids is 2. The SMILES string of the molecule is CC(C)N(C)[C@@H]1CC[C@H](N2CC[C@@H](NC(=O)c3cccc(C(F)(F)F)c3)C2=O)[C@H](C)C1. The van der Waals surface area contributed by atoms with Crippen molar-refractivity contribution < 1.29 is 22.8 Å². The quantitative estimate of drug-likeness (QED) is 0.756. The molecule has 0 unspecified atom stereocenters. The van der Waals surface area contributed by atoms with Gasteiger partial charge in [0.15, 0.2) is 0 Å². The normalized spacial score (nSPS) is 27.3. The van der Waals surface area contributed by atoms with Crippen molar-refractivity contribution in [2.75, 3.05) is 13.6 Å². The molecule has 3 rings (SSSR count).